The highest BCUT2D eigenvalue weighted by atomic mass is 33.1. The Labute approximate surface area is 164 Å². The molecule has 2 amide bonds. The van der Waals surface area contributed by atoms with E-state index in [1.165, 1.54) is 26.5 Å². The van der Waals surface area contributed by atoms with E-state index in [9.17, 15) is 14.9 Å². The highest BCUT2D eigenvalue weighted by Gasteiger charge is 2.74. The molecule has 6 rings (SSSR count). The molecule has 9 heteroatoms. The number of hydrogen-bond acceptors (Lipinski definition) is 7. The first kappa shape index (κ1) is 17.1. The number of ether oxygens (including phenoxy) is 2. The number of nitrogens with zero attached hydrogens (tertiary/aromatic N) is 3. The molecule has 2 bridgehead atoms. The van der Waals surface area contributed by atoms with E-state index in [0.29, 0.717) is 11.5 Å². The van der Waals surface area contributed by atoms with Crippen molar-refractivity contribution in [2.24, 2.45) is 5.41 Å². The van der Waals surface area contributed by atoms with Gasteiger partial charge in [-0.05, 0) is 31.5 Å². The van der Waals surface area contributed by atoms with Gasteiger partial charge in [-0.15, -0.1) is 0 Å². The number of carbonyl (C=O) groups is 2. The highest BCUT2D eigenvalue weighted by molar-refractivity contribution is 8.78. The van der Waals surface area contributed by atoms with Crippen molar-refractivity contribution in [1.82, 2.24) is 9.80 Å². The Morgan fingerprint density at radius 2 is 1.93 bits per heavy atom. The van der Waals surface area contributed by atoms with Crippen LogP contribution in [0.4, 0.5) is 0 Å². The molecule has 1 spiro atoms. The van der Waals surface area contributed by atoms with E-state index in [2.05, 4.69) is 6.07 Å². The van der Waals surface area contributed by atoms with Crippen LogP contribution >= 0.6 is 21.6 Å². The van der Waals surface area contributed by atoms with Gasteiger partial charge in [-0.1, -0.05) is 27.7 Å². The van der Waals surface area contributed by atoms with Crippen molar-refractivity contribution in [3.63, 3.8) is 0 Å². The summed E-state index contributed by atoms with van der Waals surface area (Å²) in [7, 11) is 4.49. The van der Waals surface area contributed by atoms with Crippen LogP contribution < -0.4 is 9.47 Å². The second kappa shape index (κ2) is 5.06. The SMILES string of the molecule is CN1C(=O)[C@@]23C[C@](C)(C#N)[C@H](c4ccc5c(c4)OCO5)N2C(=O)C1(C)SS3. The number of amides is 2. The summed E-state index contributed by atoms with van der Waals surface area (Å²) < 4.78 is 10.9. The molecule has 0 aliphatic carbocycles. The van der Waals surface area contributed by atoms with Crippen LogP contribution in [-0.4, -0.2) is 45.2 Å². The van der Waals surface area contributed by atoms with Crippen molar-refractivity contribution in [2.45, 2.75) is 36.1 Å². The maximum absolute atomic E-state index is 13.5. The quantitative estimate of drug-likeness (QED) is 0.666. The molecule has 140 valence electrons. The largest absolute Gasteiger partial charge is 0.454 e. The van der Waals surface area contributed by atoms with Crippen molar-refractivity contribution >= 4 is 33.4 Å². The Balaban J connectivity index is 1.71. The molecule has 0 saturated carbocycles. The lowest BCUT2D eigenvalue weighted by Crippen LogP contribution is -2.73. The molecule has 4 atom stereocenters. The summed E-state index contributed by atoms with van der Waals surface area (Å²) in [5.41, 5.74) is -0.117. The predicted octanol–water partition coefficient (Wildman–Crippen LogP) is 2.50. The van der Waals surface area contributed by atoms with Crippen molar-refractivity contribution in [1.29, 1.82) is 5.26 Å². The number of carbonyl (C=O) groups excluding carboxylic acids is 2. The van der Waals surface area contributed by atoms with E-state index in [4.69, 9.17) is 9.47 Å². The zero-order valence-corrected chi connectivity index (χ0v) is 16.6. The molecule has 0 radical (unpaired) electrons. The first-order valence-corrected chi connectivity index (χ1v) is 10.7. The number of rotatable bonds is 1. The summed E-state index contributed by atoms with van der Waals surface area (Å²) in [6.07, 6.45) is 0.290. The van der Waals surface area contributed by atoms with Gasteiger partial charge in [0.1, 0.15) is 0 Å². The number of fused-ring (bicyclic) bond motifs is 3. The lowest BCUT2D eigenvalue weighted by molar-refractivity contribution is -0.164. The van der Waals surface area contributed by atoms with E-state index in [1.807, 2.05) is 19.1 Å². The fraction of sp³-hybridized carbons (Fsp3) is 0.500. The minimum absolute atomic E-state index is 0.113. The minimum Gasteiger partial charge on any atom is -0.454 e. The summed E-state index contributed by atoms with van der Waals surface area (Å²) in [5, 5.41) is 10.0. The van der Waals surface area contributed by atoms with Gasteiger partial charge in [-0.25, -0.2) is 0 Å². The molecule has 27 heavy (non-hydrogen) atoms. The molecule has 5 heterocycles. The monoisotopic (exact) mass is 403 g/mol. The van der Waals surface area contributed by atoms with Gasteiger partial charge < -0.3 is 19.3 Å². The Morgan fingerprint density at radius 1 is 1.19 bits per heavy atom. The smallest absolute Gasteiger partial charge is 0.261 e. The van der Waals surface area contributed by atoms with E-state index >= 15 is 0 Å². The second-order valence-corrected chi connectivity index (χ2v) is 10.5. The molecule has 1 aromatic rings. The van der Waals surface area contributed by atoms with E-state index in [1.54, 1.807) is 24.9 Å². The summed E-state index contributed by atoms with van der Waals surface area (Å²) in [5.74, 6) is 0.998. The fourth-order valence-electron chi connectivity index (χ4n) is 4.50. The van der Waals surface area contributed by atoms with Crippen molar-refractivity contribution < 1.29 is 19.1 Å². The Kier molecular flexibility index (Phi) is 3.20. The van der Waals surface area contributed by atoms with Crippen LogP contribution in [0.25, 0.3) is 0 Å². The van der Waals surface area contributed by atoms with Crippen LogP contribution in [0, 0.1) is 16.7 Å². The van der Waals surface area contributed by atoms with Crippen molar-refractivity contribution in [3.8, 4) is 17.6 Å². The van der Waals surface area contributed by atoms with Gasteiger partial charge in [0.15, 0.2) is 21.2 Å². The molecule has 0 N–H and O–H groups in total. The first-order chi connectivity index (χ1) is 12.8. The fourth-order valence-corrected chi connectivity index (χ4v) is 8.08. The third-order valence-electron chi connectivity index (χ3n) is 6.06. The molecule has 1 unspecified atom stereocenters. The second-order valence-electron chi connectivity index (χ2n) is 7.69. The molecule has 1 aromatic carbocycles. The number of likely N-dealkylation sites (N-methyl/N-ethyl adjacent to an activating group) is 1. The van der Waals surface area contributed by atoms with Crippen LogP contribution in [0.2, 0.25) is 0 Å². The number of hydrogen-bond donors (Lipinski definition) is 0. The average Bonchev–Trinajstić information content (AvgIpc) is 3.23. The van der Waals surface area contributed by atoms with Crippen LogP contribution in [0.5, 0.6) is 11.5 Å². The third kappa shape index (κ3) is 1.85. The number of benzene rings is 1. The topological polar surface area (TPSA) is 82.9 Å². The van der Waals surface area contributed by atoms with Crippen molar-refractivity contribution in [3.05, 3.63) is 23.8 Å². The van der Waals surface area contributed by atoms with Gasteiger partial charge in [-0.2, -0.15) is 5.26 Å². The Bertz CT molecular complexity index is 949. The van der Waals surface area contributed by atoms with Gasteiger partial charge in [0.05, 0.1) is 17.5 Å². The van der Waals surface area contributed by atoms with Gasteiger partial charge in [-0.3, -0.25) is 9.59 Å². The van der Waals surface area contributed by atoms with Crippen molar-refractivity contribution in [2.75, 3.05) is 13.8 Å². The van der Waals surface area contributed by atoms with E-state index in [-0.39, 0.29) is 25.0 Å². The van der Waals surface area contributed by atoms with E-state index < -0.39 is 21.2 Å². The summed E-state index contributed by atoms with van der Waals surface area (Å²) >= 11 is 0. The molecular formula is C18H17N3O4S2. The van der Waals surface area contributed by atoms with Gasteiger partial charge in [0, 0.05) is 13.5 Å². The maximum Gasteiger partial charge on any atom is 0.261 e. The average molecular weight is 403 g/mol. The number of piperazine rings is 1. The summed E-state index contributed by atoms with van der Waals surface area (Å²) in [6, 6.07) is 7.35. The van der Waals surface area contributed by atoms with Crippen LogP contribution in [0.15, 0.2) is 18.2 Å². The maximum atomic E-state index is 13.5. The molecule has 4 fully saturated rings. The molecule has 5 aliphatic heterocycles. The van der Waals surface area contributed by atoms with Crippen LogP contribution in [-0.2, 0) is 9.59 Å². The molecular weight excluding hydrogens is 386 g/mol. The molecule has 7 nitrogen and oxygen atoms in total. The summed E-state index contributed by atoms with van der Waals surface area (Å²) in [6.45, 7) is 3.75. The van der Waals surface area contributed by atoms with Crippen LogP contribution in [0.1, 0.15) is 31.9 Å². The lowest BCUT2D eigenvalue weighted by Gasteiger charge is -2.57. The van der Waals surface area contributed by atoms with Gasteiger partial charge >= 0.3 is 0 Å². The zero-order valence-electron chi connectivity index (χ0n) is 15.0. The highest BCUT2D eigenvalue weighted by Crippen LogP contribution is 2.69. The first-order valence-electron chi connectivity index (χ1n) is 8.56. The standard InChI is InChI=1S/C18H17N3O4S2/c1-16(8-19)7-18-15(23)20(3)17(2,26-27-18)14(22)21(18)13(16)10-4-5-11-12(6-10)25-9-24-11/h4-6,13H,7,9H2,1-3H3/t13-,16+,17?,18-/m0/s1. The zero-order chi connectivity index (χ0) is 19.2. The molecule has 4 saturated heterocycles. The molecule has 0 aromatic heterocycles. The van der Waals surface area contributed by atoms with Gasteiger partial charge in [0.25, 0.3) is 11.8 Å². The van der Waals surface area contributed by atoms with Crippen LogP contribution in [0.3, 0.4) is 0 Å². The predicted molar refractivity (Wildman–Crippen MR) is 99.6 cm³/mol. The Morgan fingerprint density at radius 3 is 2.67 bits per heavy atom. The third-order valence-corrected chi connectivity index (χ3v) is 9.76. The minimum atomic E-state index is -1.06. The number of nitriles is 1. The lowest BCUT2D eigenvalue weighted by atomic mass is 9.79. The summed E-state index contributed by atoms with van der Waals surface area (Å²) in [4.78, 5) is 27.9. The molecule has 5 aliphatic rings. The van der Waals surface area contributed by atoms with E-state index in [0.717, 1.165) is 5.56 Å². The Hall–Kier alpha value is -2.05. The normalized spacial score (nSPS) is 39.0. The van der Waals surface area contributed by atoms with Gasteiger partial charge in [0.2, 0.25) is 6.79 Å².